The third kappa shape index (κ3) is 5.11. The van der Waals surface area contributed by atoms with Crippen molar-refractivity contribution >= 4 is 17.6 Å². The number of carboxylic acid groups (broad SMARTS) is 1. The molecule has 0 unspecified atom stereocenters. The molecule has 0 spiro atoms. The Labute approximate surface area is 146 Å². The lowest BCUT2D eigenvalue weighted by molar-refractivity contribution is 0.0694. The summed E-state index contributed by atoms with van der Waals surface area (Å²) in [6, 6.07) is 8.30. The van der Waals surface area contributed by atoms with Gasteiger partial charge in [-0.2, -0.15) is 0 Å². The van der Waals surface area contributed by atoms with Gasteiger partial charge in [-0.3, -0.25) is 4.79 Å². The molecule has 1 heterocycles. The van der Waals surface area contributed by atoms with Crippen LogP contribution >= 0.6 is 0 Å². The summed E-state index contributed by atoms with van der Waals surface area (Å²) >= 11 is 0. The van der Waals surface area contributed by atoms with Gasteiger partial charge in [0.1, 0.15) is 17.1 Å². The zero-order chi connectivity index (χ0) is 18.4. The molecule has 2 N–H and O–H groups in total. The fourth-order valence-corrected chi connectivity index (χ4v) is 2.25. The normalized spacial score (nSPS) is 10.7. The molecule has 0 bridgehead atoms. The Morgan fingerprint density at radius 1 is 1.28 bits per heavy atom. The molecule has 0 saturated carbocycles. The fraction of sp³-hybridized carbons (Fsp3) is 0.368. The van der Waals surface area contributed by atoms with Gasteiger partial charge < -0.3 is 19.6 Å². The van der Waals surface area contributed by atoms with E-state index in [9.17, 15) is 9.59 Å². The highest BCUT2D eigenvalue weighted by atomic mass is 16.5. The highest BCUT2D eigenvalue weighted by molar-refractivity contribution is 6.04. The molecule has 2 aromatic rings. The minimum absolute atomic E-state index is 0.0124. The molecule has 134 valence electrons. The Bertz CT molecular complexity index is 748. The van der Waals surface area contributed by atoms with E-state index in [2.05, 4.69) is 19.2 Å². The van der Waals surface area contributed by atoms with Crippen molar-refractivity contribution in [3.05, 3.63) is 47.4 Å². The molecule has 0 aliphatic rings. The molecule has 0 radical (unpaired) electrons. The highest BCUT2D eigenvalue weighted by Crippen LogP contribution is 2.21. The quantitative estimate of drug-likeness (QED) is 0.748. The van der Waals surface area contributed by atoms with Gasteiger partial charge in [0, 0.05) is 24.2 Å². The second-order valence-electron chi connectivity index (χ2n) is 6.12. The Balaban J connectivity index is 2.06. The summed E-state index contributed by atoms with van der Waals surface area (Å²) in [4.78, 5) is 23.5. The third-order valence-corrected chi connectivity index (χ3v) is 3.64. The van der Waals surface area contributed by atoms with E-state index in [0.29, 0.717) is 30.4 Å². The van der Waals surface area contributed by atoms with Crippen LogP contribution in [0.15, 0.2) is 34.7 Å². The van der Waals surface area contributed by atoms with Crippen LogP contribution in [0.4, 0.5) is 5.69 Å². The number of nitrogens with one attached hydrogen (secondary N) is 1. The molecule has 0 fully saturated rings. The number of ether oxygens (including phenoxy) is 1. The number of carbonyl (C=O) groups is 2. The van der Waals surface area contributed by atoms with Crippen LogP contribution in [0.2, 0.25) is 0 Å². The van der Waals surface area contributed by atoms with Gasteiger partial charge in [-0.05, 0) is 24.5 Å². The highest BCUT2D eigenvalue weighted by Gasteiger charge is 2.20. The smallest absolute Gasteiger partial charge is 0.339 e. The topological polar surface area (TPSA) is 88.8 Å². The summed E-state index contributed by atoms with van der Waals surface area (Å²) in [6.45, 7) is 6.62. The number of hydrogen-bond acceptors (Lipinski definition) is 4. The van der Waals surface area contributed by atoms with Crippen LogP contribution in [-0.4, -0.2) is 23.6 Å². The summed E-state index contributed by atoms with van der Waals surface area (Å²) in [5.41, 5.74) is 0.566. The van der Waals surface area contributed by atoms with E-state index < -0.39 is 11.9 Å². The molecule has 0 aliphatic carbocycles. The molecule has 0 aliphatic heterocycles. The maximum Gasteiger partial charge on any atom is 0.339 e. The van der Waals surface area contributed by atoms with Gasteiger partial charge in [0.25, 0.3) is 5.91 Å². The van der Waals surface area contributed by atoms with Crippen molar-refractivity contribution in [3.63, 3.8) is 0 Å². The second-order valence-corrected chi connectivity index (χ2v) is 6.12. The number of hydrogen-bond donors (Lipinski definition) is 2. The van der Waals surface area contributed by atoms with Gasteiger partial charge in [-0.1, -0.05) is 26.8 Å². The van der Waals surface area contributed by atoms with Crippen LogP contribution in [0.3, 0.4) is 0 Å². The number of benzene rings is 1. The Hall–Kier alpha value is -2.76. The standard InChI is InChI=1S/C19H23NO5/c1-4-16-15(19(22)23)11-17(25-16)18(21)20-13-6-5-7-14(10-13)24-9-8-12(2)3/h5-7,10-12H,4,8-9H2,1-3H3,(H,20,21)(H,22,23). The van der Waals surface area contributed by atoms with Crippen molar-refractivity contribution in [1.82, 2.24) is 0 Å². The average Bonchev–Trinajstić information content (AvgIpc) is 2.99. The van der Waals surface area contributed by atoms with Crippen molar-refractivity contribution in [1.29, 1.82) is 0 Å². The number of aryl methyl sites for hydroxylation is 1. The summed E-state index contributed by atoms with van der Waals surface area (Å²) in [5.74, 6) is -0.137. The number of carboxylic acids is 1. The lowest BCUT2D eigenvalue weighted by Crippen LogP contribution is -2.11. The summed E-state index contributed by atoms with van der Waals surface area (Å²) < 4.78 is 11.0. The lowest BCUT2D eigenvalue weighted by Gasteiger charge is -2.10. The van der Waals surface area contributed by atoms with Crippen molar-refractivity contribution in [2.24, 2.45) is 5.92 Å². The van der Waals surface area contributed by atoms with Crippen LogP contribution in [0.25, 0.3) is 0 Å². The molecule has 1 amide bonds. The maximum atomic E-state index is 12.3. The third-order valence-electron chi connectivity index (χ3n) is 3.64. The number of anilines is 1. The minimum atomic E-state index is -1.11. The van der Waals surface area contributed by atoms with Gasteiger partial charge in [0.05, 0.1) is 6.61 Å². The zero-order valence-corrected chi connectivity index (χ0v) is 14.7. The molecule has 1 aromatic heterocycles. The fourth-order valence-electron chi connectivity index (χ4n) is 2.25. The maximum absolute atomic E-state index is 12.3. The number of furan rings is 1. The molecule has 0 atom stereocenters. The van der Waals surface area contributed by atoms with E-state index in [1.165, 1.54) is 6.07 Å². The van der Waals surface area contributed by atoms with E-state index in [0.717, 1.165) is 6.42 Å². The molecular formula is C19H23NO5. The summed E-state index contributed by atoms with van der Waals surface area (Å²) in [5, 5.41) is 11.8. The average molecular weight is 345 g/mol. The first kappa shape index (κ1) is 18.6. The van der Waals surface area contributed by atoms with E-state index in [-0.39, 0.29) is 17.1 Å². The van der Waals surface area contributed by atoms with Crippen molar-refractivity contribution in [2.75, 3.05) is 11.9 Å². The molecule has 0 saturated heterocycles. The number of rotatable bonds is 8. The van der Waals surface area contributed by atoms with Crippen LogP contribution in [0.1, 0.15) is 53.9 Å². The van der Waals surface area contributed by atoms with Crippen molar-refractivity contribution in [3.8, 4) is 5.75 Å². The van der Waals surface area contributed by atoms with E-state index in [1.807, 2.05) is 6.07 Å². The van der Waals surface area contributed by atoms with Crippen molar-refractivity contribution < 1.29 is 23.8 Å². The summed E-state index contributed by atoms with van der Waals surface area (Å²) in [6.07, 6.45) is 1.34. The Kier molecular flexibility index (Phi) is 6.22. The monoisotopic (exact) mass is 345 g/mol. The van der Waals surface area contributed by atoms with Gasteiger partial charge in [0.15, 0.2) is 5.76 Å². The lowest BCUT2D eigenvalue weighted by atomic mass is 10.1. The molecule has 25 heavy (non-hydrogen) atoms. The van der Waals surface area contributed by atoms with Crippen molar-refractivity contribution in [2.45, 2.75) is 33.6 Å². The number of aromatic carboxylic acids is 1. The van der Waals surface area contributed by atoms with E-state index >= 15 is 0 Å². The molecule has 6 nitrogen and oxygen atoms in total. The largest absolute Gasteiger partial charge is 0.494 e. The van der Waals surface area contributed by atoms with Crippen LogP contribution in [0, 0.1) is 5.92 Å². The van der Waals surface area contributed by atoms with E-state index in [4.69, 9.17) is 14.3 Å². The van der Waals surface area contributed by atoms with Gasteiger partial charge in [0.2, 0.25) is 0 Å². The minimum Gasteiger partial charge on any atom is -0.494 e. The van der Waals surface area contributed by atoms with Crippen LogP contribution in [0.5, 0.6) is 5.75 Å². The van der Waals surface area contributed by atoms with Crippen LogP contribution in [-0.2, 0) is 6.42 Å². The molecule has 2 rings (SSSR count). The number of amides is 1. The Morgan fingerprint density at radius 3 is 2.64 bits per heavy atom. The predicted octanol–water partition coefficient (Wildman–Crippen LogP) is 4.22. The van der Waals surface area contributed by atoms with Gasteiger partial charge >= 0.3 is 5.97 Å². The zero-order valence-electron chi connectivity index (χ0n) is 14.7. The molecule has 1 aromatic carbocycles. The van der Waals surface area contributed by atoms with Crippen LogP contribution < -0.4 is 10.1 Å². The predicted molar refractivity (Wildman–Crippen MR) is 94.4 cm³/mol. The first-order chi connectivity index (χ1) is 11.9. The summed E-state index contributed by atoms with van der Waals surface area (Å²) in [7, 11) is 0. The molecular weight excluding hydrogens is 322 g/mol. The number of carbonyl (C=O) groups excluding carboxylic acids is 1. The first-order valence-electron chi connectivity index (χ1n) is 8.31. The van der Waals surface area contributed by atoms with Gasteiger partial charge in [-0.25, -0.2) is 4.79 Å². The molecule has 6 heteroatoms. The second kappa shape index (κ2) is 8.37. The van der Waals surface area contributed by atoms with E-state index in [1.54, 1.807) is 25.1 Å². The first-order valence-corrected chi connectivity index (χ1v) is 8.31. The SMILES string of the molecule is CCc1oc(C(=O)Nc2cccc(OCCC(C)C)c2)cc1C(=O)O. The Morgan fingerprint density at radius 2 is 2.04 bits per heavy atom. The van der Waals surface area contributed by atoms with Gasteiger partial charge in [-0.15, -0.1) is 0 Å².